The number of nitro groups is 1. The Morgan fingerprint density at radius 3 is 2.18 bits per heavy atom. The van der Waals surface area contributed by atoms with Crippen LogP contribution in [0.4, 0.5) is 14.5 Å². The Balaban J connectivity index is 0.00000121. The zero-order valence-corrected chi connectivity index (χ0v) is 9.49. The molecule has 0 amide bonds. The van der Waals surface area contributed by atoms with E-state index in [1.807, 2.05) is 13.8 Å². The third-order valence-corrected chi connectivity index (χ3v) is 1.64. The molecule has 17 heavy (non-hydrogen) atoms. The van der Waals surface area contributed by atoms with Crippen molar-refractivity contribution in [2.45, 2.75) is 13.8 Å². The minimum absolute atomic E-state index is 0.335. The number of hydrogen-bond donors (Lipinski definition) is 0. The van der Waals surface area contributed by atoms with E-state index in [0.717, 1.165) is 7.11 Å². The van der Waals surface area contributed by atoms with Crippen LogP contribution in [0.3, 0.4) is 0 Å². The Labute approximate surface area is 96.2 Å². The summed E-state index contributed by atoms with van der Waals surface area (Å²) in [6, 6.07) is 0.765. The third kappa shape index (κ3) is 3.47. The zero-order valence-electron chi connectivity index (χ0n) is 9.49. The van der Waals surface area contributed by atoms with E-state index in [-0.39, 0.29) is 0 Å². The molecule has 1 rings (SSSR count). The maximum absolute atomic E-state index is 12.7. The average molecular weight is 247 g/mol. The first-order valence-electron chi connectivity index (χ1n) is 4.69. The number of esters is 1. The second kappa shape index (κ2) is 6.51. The van der Waals surface area contributed by atoms with E-state index >= 15 is 0 Å². The second-order valence-corrected chi connectivity index (χ2v) is 2.53. The summed E-state index contributed by atoms with van der Waals surface area (Å²) in [4.78, 5) is 20.4. The van der Waals surface area contributed by atoms with Crippen molar-refractivity contribution in [2.75, 3.05) is 7.11 Å². The number of methoxy groups -OCH3 is 1. The molecule has 0 aliphatic heterocycles. The van der Waals surface area contributed by atoms with Crippen molar-refractivity contribution in [3.63, 3.8) is 0 Å². The van der Waals surface area contributed by atoms with Crippen molar-refractivity contribution in [3.8, 4) is 0 Å². The number of carbonyl (C=O) groups is 1. The Hall–Kier alpha value is -2.05. The predicted octanol–water partition coefficient (Wildman–Crippen LogP) is 2.69. The normalized spacial score (nSPS) is 9.00. The monoisotopic (exact) mass is 247 g/mol. The second-order valence-electron chi connectivity index (χ2n) is 2.53. The number of benzene rings is 1. The highest BCUT2D eigenvalue weighted by Crippen LogP contribution is 2.22. The Morgan fingerprint density at radius 2 is 1.76 bits per heavy atom. The van der Waals surface area contributed by atoms with Crippen molar-refractivity contribution in [2.24, 2.45) is 0 Å². The fourth-order valence-electron chi connectivity index (χ4n) is 0.961. The summed E-state index contributed by atoms with van der Waals surface area (Å²) in [5.41, 5.74) is -1.46. The molecule has 0 bridgehead atoms. The van der Waals surface area contributed by atoms with Crippen molar-refractivity contribution < 1.29 is 23.2 Å². The number of hydrogen-bond acceptors (Lipinski definition) is 4. The lowest BCUT2D eigenvalue weighted by atomic mass is 10.1. The molecule has 0 N–H and O–H groups in total. The maximum Gasteiger partial charge on any atom is 0.345 e. The van der Waals surface area contributed by atoms with Gasteiger partial charge in [-0.15, -0.1) is 0 Å². The van der Waals surface area contributed by atoms with Crippen LogP contribution in [0.15, 0.2) is 12.1 Å². The van der Waals surface area contributed by atoms with Gasteiger partial charge in [-0.3, -0.25) is 10.1 Å². The molecule has 0 aliphatic rings. The summed E-state index contributed by atoms with van der Waals surface area (Å²) >= 11 is 0. The van der Waals surface area contributed by atoms with Crippen LogP contribution in [0.1, 0.15) is 24.2 Å². The van der Waals surface area contributed by atoms with Gasteiger partial charge < -0.3 is 4.74 Å². The summed E-state index contributed by atoms with van der Waals surface area (Å²) in [7, 11) is 0.979. The Morgan fingerprint density at radius 1 is 1.29 bits per heavy atom. The molecule has 7 heteroatoms. The van der Waals surface area contributed by atoms with E-state index in [1.165, 1.54) is 0 Å². The van der Waals surface area contributed by atoms with Gasteiger partial charge in [0, 0.05) is 0 Å². The molecule has 94 valence electrons. The number of nitro benzene ring substituents is 1. The zero-order chi connectivity index (χ0) is 13.6. The number of rotatable bonds is 2. The van der Waals surface area contributed by atoms with E-state index in [9.17, 15) is 23.7 Å². The van der Waals surface area contributed by atoms with Crippen LogP contribution in [-0.2, 0) is 4.74 Å². The molecule has 0 heterocycles. The summed E-state index contributed by atoms with van der Waals surface area (Å²) in [5, 5.41) is 10.4. The molecular formula is C10H11F2NO4. The topological polar surface area (TPSA) is 69.4 Å². The summed E-state index contributed by atoms with van der Waals surface area (Å²) in [5.74, 6) is -3.84. The van der Waals surface area contributed by atoms with Gasteiger partial charge in [-0.2, -0.15) is 0 Å². The third-order valence-electron chi connectivity index (χ3n) is 1.64. The Bertz CT molecular complexity index is 435. The molecule has 0 unspecified atom stereocenters. The van der Waals surface area contributed by atoms with Crippen LogP contribution >= 0.6 is 0 Å². The first kappa shape index (κ1) is 14.9. The first-order valence-corrected chi connectivity index (χ1v) is 4.69. The molecule has 0 aromatic heterocycles. The fourth-order valence-corrected chi connectivity index (χ4v) is 0.961. The molecule has 0 saturated heterocycles. The van der Waals surface area contributed by atoms with Crippen molar-refractivity contribution >= 4 is 11.7 Å². The van der Waals surface area contributed by atoms with E-state index in [0.29, 0.717) is 12.1 Å². The molecule has 5 nitrogen and oxygen atoms in total. The molecule has 0 spiro atoms. The average Bonchev–Trinajstić information content (AvgIpc) is 2.33. The predicted molar refractivity (Wildman–Crippen MR) is 55.7 cm³/mol. The van der Waals surface area contributed by atoms with Crippen molar-refractivity contribution in [3.05, 3.63) is 39.4 Å². The van der Waals surface area contributed by atoms with Crippen LogP contribution in [-0.4, -0.2) is 18.0 Å². The van der Waals surface area contributed by atoms with E-state index in [2.05, 4.69) is 4.74 Å². The molecule has 1 aromatic rings. The summed E-state index contributed by atoms with van der Waals surface area (Å²) in [6.07, 6.45) is 0. The van der Waals surface area contributed by atoms with Crippen LogP contribution in [0.2, 0.25) is 0 Å². The fraction of sp³-hybridized carbons (Fsp3) is 0.300. The Kier molecular flexibility index (Phi) is 5.73. The van der Waals surface area contributed by atoms with E-state index in [4.69, 9.17) is 0 Å². The SMILES string of the molecule is CC.COC(=O)c1cc(F)c(F)cc1[N+](=O)[O-]. The van der Waals surface area contributed by atoms with Gasteiger partial charge >= 0.3 is 5.97 Å². The highest BCUT2D eigenvalue weighted by atomic mass is 19.2. The first-order chi connectivity index (χ1) is 7.97. The molecule has 0 fully saturated rings. The van der Waals surface area contributed by atoms with Gasteiger partial charge in [-0.05, 0) is 6.07 Å². The minimum Gasteiger partial charge on any atom is -0.465 e. The largest absolute Gasteiger partial charge is 0.465 e. The van der Waals surface area contributed by atoms with Gasteiger partial charge in [0.25, 0.3) is 5.69 Å². The maximum atomic E-state index is 12.7. The number of ether oxygens (including phenoxy) is 1. The van der Waals surface area contributed by atoms with Crippen LogP contribution in [0.25, 0.3) is 0 Å². The van der Waals surface area contributed by atoms with Gasteiger partial charge in [0.2, 0.25) is 0 Å². The minimum atomic E-state index is -1.39. The standard InChI is InChI=1S/C8H5F2NO4.C2H6/c1-15-8(12)4-2-5(9)6(10)3-7(4)11(13)14;1-2/h2-3H,1H3;1-2H3. The lowest BCUT2D eigenvalue weighted by molar-refractivity contribution is -0.385. The number of nitrogens with zero attached hydrogens (tertiary/aromatic N) is 1. The van der Waals surface area contributed by atoms with Gasteiger partial charge in [0.15, 0.2) is 11.6 Å². The molecule has 1 aromatic carbocycles. The molecule has 0 radical (unpaired) electrons. The van der Waals surface area contributed by atoms with Crippen molar-refractivity contribution in [1.29, 1.82) is 0 Å². The number of carbonyl (C=O) groups excluding carboxylic acids is 1. The van der Waals surface area contributed by atoms with E-state index in [1.54, 1.807) is 0 Å². The summed E-state index contributed by atoms with van der Waals surface area (Å²) < 4.78 is 29.6. The van der Waals surface area contributed by atoms with Crippen molar-refractivity contribution in [1.82, 2.24) is 0 Å². The lowest BCUT2D eigenvalue weighted by Gasteiger charge is -2.01. The highest BCUT2D eigenvalue weighted by Gasteiger charge is 2.24. The summed E-state index contributed by atoms with van der Waals surface area (Å²) in [6.45, 7) is 4.00. The van der Waals surface area contributed by atoms with Crippen LogP contribution in [0, 0.1) is 21.7 Å². The number of halogens is 2. The lowest BCUT2D eigenvalue weighted by Crippen LogP contribution is -2.07. The quantitative estimate of drug-likeness (QED) is 0.457. The van der Waals surface area contributed by atoms with Gasteiger partial charge in [0.1, 0.15) is 5.56 Å². The molecule has 0 saturated carbocycles. The highest BCUT2D eigenvalue weighted by molar-refractivity contribution is 5.93. The van der Waals surface area contributed by atoms with Gasteiger partial charge in [0.05, 0.1) is 18.1 Å². The van der Waals surface area contributed by atoms with E-state index < -0.39 is 33.8 Å². The molecular weight excluding hydrogens is 236 g/mol. The van der Waals surface area contributed by atoms with Crippen LogP contribution < -0.4 is 0 Å². The van der Waals surface area contributed by atoms with Gasteiger partial charge in [-0.1, -0.05) is 13.8 Å². The molecule has 0 atom stereocenters. The van der Waals surface area contributed by atoms with Gasteiger partial charge in [-0.25, -0.2) is 13.6 Å². The van der Waals surface area contributed by atoms with Crippen LogP contribution in [0.5, 0.6) is 0 Å². The molecule has 0 aliphatic carbocycles. The smallest absolute Gasteiger partial charge is 0.345 e.